The number of carbonyl (C=O) groups is 2. The molecule has 2 unspecified atom stereocenters. The molecule has 0 saturated heterocycles. The van der Waals surface area contributed by atoms with Gasteiger partial charge in [0.05, 0.1) is 20.3 Å². The number of hydrogen-bond acceptors (Lipinski definition) is 7. The Labute approximate surface area is 198 Å². The minimum absolute atomic E-state index is 0.258. The Kier molecular flexibility index (Phi) is 19.8. The first-order valence-electron chi connectivity index (χ1n) is 11.3. The number of hydrogen-bond donors (Lipinski definition) is 2. The summed E-state index contributed by atoms with van der Waals surface area (Å²) >= 11 is 1.39. The van der Waals surface area contributed by atoms with Gasteiger partial charge in [-0.15, -0.1) is 11.8 Å². The van der Waals surface area contributed by atoms with Gasteiger partial charge in [0.1, 0.15) is 6.04 Å². The fourth-order valence-electron chi connectivity index (χ4n) is 2.71. The third-order valence-corrected chi connectivity index (χ3v) is 6.05. The molecule has 3 atom stereocenters. The zero-order valence-electron chi connectivity index (χ0n) is 19.8. The van der Waals surface area contributed by atoms with Crippen LogP contribution in [0.2, 0.25) is 0 Å². The number of thioether (sulfide) groups is 1. The van der Waals surface area contributed by atoms with E-state index in [-0.39, 0.29) is 17.6 Å². The van der Waals surface area contributed by atoms with Crippen molar-refractivity contribution in [2.24, 2.45) is 5.73 Å². The molecule has 0 heterocycles. The third kappa shape index (κ3) is 16.8. The summed E-state index contributed by atoms with van der Waals surface area (Å²) in [5.41, 5.74) is 5.81. The molecule has 0 amide bonds. The lowest BCUT2D eigenvalue weighted by Crippen LogP contribution is -2.35. The van der Waals surface area contributed by atoms with Gasteiger partial charge in [-0.05, 0) is 32.1 Å². The maximum atomic E-state index is 11.5. The van der Waals surface area contributed by atoms with Crippen LogP contribution in [-0.4, -0.2) is 54.4 Å². The number of ether oxygens (including phenoxy) is 2. The summed E-state index contributed by atoms with van der Waals surface area (Å²) in [4.78, 5) is 22.8. The quantitative estimate of drug-likeness (QED) is 0.133. The average Bonchev–Trinajstić information content (AvgIpc) is 2.80. The maximum absolute atomic E-state index is 11.5. The van der Waals surface area contributed by atoms with Crippen molar-refractivity contribution >= 4 is 23.7 Å². The second-order valence-electron chi connectivity index (χ2n) is 7.36. The Morgan fingerprint density at radius 2 is 1.75 bits per heavy atom. The molecule has 0 aliphatic rings. The fraction of sp³-hybridized carbons (Fsp3) is 0.600. The van der Waals surface area contributed by atoms with Gasteiger partial charge >= 0.3 is 11.9 Å². The summed E-state index contributed by atoms with van der Waals surface area (Å²) in [5.74, 6) is -0.454. The van der Waals surface area contributed by atoms with Crippen molar-refractivity contribution in [3.63, 3.8) is 0 Å². The van der Waals surface area contributed by atoms with E-state index in [1.54, 1.807) is 0 Å². The van der Waals surface area contributed by atoms with Gasteiger partial charge in [-0.2, -0.15) is 0 Å². The second kappa shape index (κ2) is 21.0. The summed E-state index contributed by atoms with van der Waals surface area (Å²) in [6.45, 7) is 2.21. The maximum Gasteiger partial charge on any atom is 0.323 e. The Bertz CT molecular complexity index is 615. The SMILES string of the molecule is CCCCC/C=C/C/C=C/C=C/C=C/C(SC[C@H](N)C(=O)OC)C(O)CCCC(=O)OC. The molecule has 6 nitrogen and oxygen atoms in total. The van der Waals surface area contributed by atoms with Gasteiger partial charge in [0.2, 0.25) is 0 Å². The van der Waals surface area contributed by atoms with Gasteiger partial charge in [-0.25, -0.2) is 0 Å². The molecule has 0 aromatic rings. The van der Waals surface area contributed by atoms with E-state index >= 15 is 0 Å². The van der Waals surface area contributed by atoms with E-state index in [9.17, 15) is 14.7 Å². The van der Waals surface area contributed by atoms with E-state index in [1.807, 2.05) is 30.4 Å². The molecule has 182 valence electrons. The van der Waals surface area contributed by atoms with Crippen LogP contribution in [0, 0.1) is 0 Å². The number of esters is 2. The van der Waals surface area contributed by atoms with Crippen LogP contribution in [0.15, 0.2) is 48.6 Å². The van der Waals surface area contributed by atoms with Crippen molar-refractivity contribution < 1.29 is 24.2 Å². The van der Waals surface area contributed by atoms with Crippen LogP contribution >= 0.6 is 11.8 Å². The fourth-order valence-corrected chi connectivity index (χ4v) is 3.84. The van der Waals surface area contributed by atoms with Gasteiger partial charge in [0, 0.05) is 17.4 Å². The molecule has 0 bridgehead atoms. The summed E-state index contributed by atoms with van der Waals surface area (Å²) in [6.07, 6.45) is 22.4. The first kappa shape index (κ1) is 30.2. The van der Waals surface area contributed by atoms with E-state index in [0.717, 1.165) is 12.8 Å². The number of nitrogens with two attached hydrogens (primary N) is 1. The topological polar surface area (TPSA) is 98.9 Å². The summed E-state index contributed by atoms with van der Waals surface area (Å²) in [6, 6.07) is -0.753. The zero-order valence-corrected chi connectivity index (χ0v) is 20.6. The largest absolute Gasteiger partial charge is 0.469 e. The van der Waals surface area contributed by atoms with Crippen LogP contribution in [0.3, 0.4) is 0 Å². The minimum Gasteiger partial charge on any atom is -0.469 e. The lowest BCUT2D eigenvalue weighted by molar-refractivity contribution is -0.142. The molecule has 32 heavy (non-hydrogen) atoms. The summed E-state index contributed by atoms with van der Waals surface area (Å²) < 4.78 is 9.28. The molecule has 0 rings (SSSR count). The van der Waals surface area contributed by atoms with Crippen LogP contribution in [0.25, 0.3) is 0 Å². The molecular formula is C25H41NO5S. The number of methoxy groups -OCH3 is 2. The van der Waals surface area contributed by atoms with Gasteiger partial charge in [-0.1, -0.05) is 68.4 Å². The van der Waals surface area contributed by atoms with Crippen LogP contribution < -0.4 is 5.73 Å². The van der Waals surface area contributed by atoms with Gasteiger partial charge in [0.15, 0.2) is 0 Å². The molecular weight excluding hydrogens is 426 g/mol. The first-order valence-corrected chi connectivity index (χ1v) is 12.4. The van der Waals surface area contributed by atoms with E-state index < -0.39 is 18.1 Å². The van der Waals surface area contributed by atoms with Crippen molar-refractivity contribution in [1.82, 2.24) is 0 Å². The number of allylic oxidation sites excluding steroid dienone is 7. The number of aliphatic hydroxyl groups is 1. The molecule has 0 fully saturated rings. The van der Waals surface area contributed by atoms with Crippen molar-refractivity contribution in [1.29, 1.82) is 0 Å². The first-order chi connectivity index (χ1) is 15.5. The normalized spacial score (nSPS) is 15.0. The Balaban J connectivity index is 4.62. The number of carbonyl (C=O) groups excluding carboxylic acids is 2. The van der Waals surface area contributed by atoms with Crippen molar-refractivity contribution in [3.8, 4) is 0 Å². The molecule has 0 aromatic carbocycles. The molecule has 3 N–H and O–H groups in total. The van der Waals surface area contributed by atoms with Gasteiger partial charge < -0.3 is 20.3 Å². The zero-order chi connectivity index (χ0) is 24.0. The van der Waals surface area contributed by atoms with E-state index in [1.165, 1.54) is 45.2 Å². The molecule has 7 heteroatoms. The van der Waals surface area contributed by atoms with Crippen LogP contribution in [-0.2, 0) is 19.1 Å². The van der Waals surface area contributed by atoms with Crippen molar-refractivity contribution in [2.45, 2.75) is 75.7 Å². The van der Waals surface area contributed by atoms with Gasteiger partial charge in [-0.3, -0.25) is 9.59 Å². The Morgan fingerprint density at radius 1 is 1.00 bits per heavy atom. The van der Waals surface area contributed by atoms with Crippen LogP contribution in [0.5, 0.6) is 0 Å². The molecule has 0 saturated carbocycles. The smallest absolute Gasteiger partial charge is 0.323 e. The van der Waals surface area contributed by atoms with Gasteiger partial charge in [0.25, 0.3) is 0 Å². The molecule has 0 aliphatic carbocycles. The highest BCUT2D eigenvalue weighted by Crippen LogP contribution is 2.21. The predicted molar refractivity (Wildman–Crippen MR) is 133 cm³/mol. The summed E-state index contributed by atoms with van der Waals surface area (Å²) in [7, 11) is 2.64. The number of aliphatic hydroxyl groups excluding tert-OH is 1. The van der Waals surface area contributed by atoms with Crippen LogP contribution in [0.4, 0.5) is 0 Å². The standard InChI is InChI=1S/C25H41NO5S/c1-4-5-6-7-8-9-10-11-12-13-14-15-18-23(32-20-21(26)25(29)31-3)22(27)17-16-19-24(28)30-2/h8-9,11-15,18,21-23,27H,4-7,10,16-17,19-20,26H2,1-3H3/b9-8+,12-11+,14-13+,18-15+/t21-,22?,23?/m0/s1. The highest BCUT2D eigenvalue weighted by molar-refractivity contribution is 8.00. The van der Waals surface area contributed by atoms with Crippen molar-refractivity contribution in [3.05, 3.63) is 48.6 Å². The molecule has 0 spiro atoms. The number of rotatable bonds is 18. The highest BCUT2D eigenvalue weighted by atomic mass is 32.2. The second-order valence-corrected chi connectivity index (χ2v) is 8.58. The van der Waals surface area contributed by atoms with Crippen molar-refractivity contribution in [2.75, 3.05) is 20.0 Å². The third-order valence-electron chi connectivity index (χ3n) is 4.64. The van der Waals surface area contributed by atoms with Crippen LogP contribution in [0.1, 0.15) is 58.3 Å². The highest BCUT2D eigenvalue weighted by Gasteiger charge is 2.21. The Morgan fingerprint density at radius 3 is 2.44 bits per heavy atom. The average molecular weight is 468 g/mol. The van der Waals surface area contributed by atoms with E-state index in [0.29, 0.717) is 18.6 Å². The van der Waals surface area contributed by atoms with E-state index in [2.05, 4.69) is 34.6 Å². The molecule has 0 aliphatic heterocycles. The van der Waals surface area contributed by atoms with E-state index in [4.69, 9.17) is 5.73 Å². The minimum atomic E-state index is -0.753. The monoisotopic (exact) mass is 467 g/mol. The molecule has 0 radical (unpaired) electrons. The molecule has 0 aromatic heterocycles. The lowest BCUT2D eigenvalue weighted by Gasteiger charge is -2.20. The Hall–Kier alpha value is -1.83. The summed E-state index contributed by atoms with van der Waals surface area (Å²) in [5, 5.41) is 10.3. The number of unbranched alkanes of at least 4 members (excludes halogenated alkanes) is 3. The lowest BCUT2D eigenvalue weighted by atomic mass is 10.1. The predicted octanol–water partition coefficient (Wildman–Crippen LogP) is 4.49.